The molecule has 2 aromatic heterocycles. The van der Waals surface area contributed by atoms with Gasteiger partial charge in [0.05, 0.1) is 10.6 Å². The number of thiazole rings is 1. The molecule has 1 aliphatic heterocycles. The van der Waals surface area contributed by atoms with Crippen LogP contribution in [0.15, 0.2) is 71.1 Å². The molecule has 2 aromatic carbocycles. The summed E-state index contributed by atoms with van der Waals surface area (Å²) in [4.78, 5) is 18.3. The van der Waals surface area contributed by atoms with E-state index in [-0.39, 0.29) is 23.4 Å². The zero-order valence-electron chi connectivity index (χ0n) is 17.4. The van der Waals surface area contributed by atoms with Crippen LogP contribution in [0.3, 0.4) is 0 Å². The van der Waals surface area contributed by atoms with Gasteiger partial charge in [-0.1, -0.05) is 48.5 Å². The van der Waals surface area contributed by atoms with Gasteiger partial charge in [-0.3, -0.25) is 9.20 Å². The molecule has 0 saturated carbocycles. The van der Waals surface area contributed by atoms with Crippen molar-refractivity contribution in [2.75, 3.05) is 13.1 Å². The Morgan fingerprint density at radius 3 is 2.66 bits per heavy atom. The fourth-order valence-electron chi connectivity index (χ4n) is 4.07. The van der Waals surface area contributed by atoms with Crippen molar-refractivity contribution in [3.8, 4) is 11.1 Å². The van der Waals surface area contributed by atoms with Gasteiger partial charge in [-0.05, 0) is 25.0 Å². The number of nitrogens with one attached hydrogen (secondary N) is 1. The summed E-state index contributed by atoms with van der Waals surface area (Å²) in [5, 5.41) is 4.79. The second-order valence-corrected chi connectivity index (χ2v) is 10.5. The molecule has 1 amide bonds. The molecule has 3 heterocycles. The number of carbonyl (C=O) groups is 1. The van der Waals surface area contributed by atoms with E-state index in [0.29, 0.717) is 29.9 Å². The first kappa shape index (κ1) is 20.9. The Morgan fingerprint density at radius 1 is 1.16 bits per heavy atom. The predicted octanol–water partition coefficient (Wildman–Crippen LogP) is 3.56. The number of aryl methyl sites for hydroxylation is 1. The highest BCUT2D eigenvalue weighted by atomic mass is 32.2. The number of fused-ring (bicyclic) bond motifs is 1. The monoisotopic (exact) mass is 466 g/mol. The summed E-state index contributed by atoms with van der Waals surface area (Å²) in [5.41, 5.74) is 2.68. The fourth-order valence-corrected chi connectivity index (χ4v) is 6.72. The normalized spacial score (nSPS) is 16.7. The molecule has 9 heteroatoms. The SMILES string of the molecule is Cc1nc2sccn2c1C(=O)NC[C@H]1CCN1S(=O)(=O)c1ccccc1-c1ccccc1. The molecule has 0 unspecified atom stereocenters. The van der Waals surface area contributed by atoms with E-state index in [0.717, 1.165) is 10.5 Å². The number of rotatable bonds is 6. The van der Waals surface area contributed by atoms with Crippen LogP contribution in [0.25, 0.3) is 16.1 Å². The molecule has 0 spiro atoms. The number of sulfonamides is 1. The Bertz CT molecular complexity index is 1390. The van der Waals surface area contributed by atoms with Gasteiger partial charge in [0.1, 0.15) is 5.69 Å². The molecule has 5 rings (SSSR count). The summed E-state index contributed by atoms with van der Waals surface area (Å²) in [6, 6.07) is 16.3. The standard InChI is InChI=1S/C23H22N4O3S2/c1-16-21(26-13-14-31-23(26)25-16)22(28)24-15-18-11-12-27(18)32(29,30)20-10-6-5-9-19(20)17-7-3-2-4-8-17/h2-10,13-14,18H,11-12,15H2,1H3,(H,24,28)/t18-/m1/s1. The first-order chi connectivity index (χ1) is 15.5. The van der Waals surface area contributed by atoms with Crippen molar-refractivity contribution in [3.63, 3.8) is 0 Å². The van der Waals surface area contributed by atoms with Crippen LogP contribution in [0.5, 0.6) is 0 Å². The number of hydrogen-bond donors (Lipinski definition) is 1. The topological polar surface area (TPSA) is 83.8 Å². The van der Waals surface area contributed by atoms with Gasteiger partial charge < -0.3 is 5.32 Å². The van der Waals surface area contributed by atoms with Crippen LogP contribution in [0, 0.1) is 6.92 Å². The second-order valence-electron chi connectivity index (χ2n) is 7.73. The van der Waals surface area contributed by atoms with E-state index in [2.05, 4.69) is 10.3 Å². The molecular formula is C23H22N4O3S2. The van der Waals surface area contributed by atoms with Gasteiger partial charge in [0.2, 0.25) is 10.0 Å². The van der Waals surface area contributed by atoms with Crippen LogP contribution in [-0.4, -0.2) is 47.1 Å². The summed E-state index contributed by atoms with van der Waals surface area (Å²) < 4.78 is 30.2. The van der Waals surface area contributed by atoms with Crippen molar-refractivity contribution < 1.29 is 13.2 Å². The van der Waals surface area contributed by atoms with Crippen molar-refractivity contribution in [1.82, 2.24) is 19.0 Å². The van der Waals surface area contributed by atoms with Crippen LogP contribution < -0.4 is 5.32 Å². The third-order valence-corrected chi connectivity index (χ3v) is 8.56. The largest absolute Gasteiger partial charge is 0.349 e. The lowest BCUT2D eigenvalue weighted by Crippen LogP contribution is -2.55. The molecule has 4 aromatic rings. The van der Waals surface area contributed by atoms with Crippen molar-refractivity contribution in [2.24, 2.45) is 0 Å². The number of hydrogen-bond acceptors (Lipinski definition) is 5. The van der Waals surface area contributed by atoms with Crippen LogP contribution in [0.2, 0.25) is 0 Å². The molecule has 7 nitrogen and oxygen atoms in total. The Kier molecular flexibility index (Phi) is 5.32. The average Bonchev–Trinajstić information content (AvgIpc) is 3.33. The van der Waals surface area contributed by atoms with Gasteiger partial charge in [-0.15, -0.1) is 11.3 Å². The molecule has 32 heavy (non-hydrogen) atoms. The molecular weight excluding hydrogens is 444 g/mol. The molecule has 1 fully saturated rings. The maximum absolute atomic E-state index is 13.5. The molecule has 164 valence electrons. The first-order valence-corrected chi connectivity index (χ1v) is 12.7. The van der Waals surface area contributed by atoms with Crippen LogP contribution in [-0.2, 0) is 10.0 Å². The summed E-state index contributed by atoms with van der Waals surface area (Å²) in [6.07, 6.45) is 2.52. The van der Waals surface area contributed by atoms with Crippen molar-refractivity contribution in [1.29, 1.82) is 0 Å². The minimum Gasteiger partial charge on any atom is -0.349 e. The number of nitrogens with zero attached hydrogens (tertiary/aromatic N) is 3. The molecule has 1 saturated heterocycles. The van der Waals surface area contributed by atoms with E-state index in [1.165, 1.54) is 15.6 Å². The minimum absolute atomic E-state index is 0.248. The quantitative estimate of drug-likeness (QED) is 0.471. The highest BCUT2D eigenvalue weighted by Crippen LogP contribution is 2.33. The van der Waals surface area contributed by atoms with Crippen LogP contribution >= 0.6 is 11.3 Å². The van der Waals surface area contributed by atoms with Crippen molar-refractivity contribution in [3.05, 3.63) is 77.6 Å². The van der Waals surface area contributed by atoms with E-state index in [4.69, 9.17) is 0 Å². The number of amides is 1. The van der Waals surface area contributed by atoms with Crippen molar-refractivity contribution in [2.45, 2.75) is 24.3 Å². The van der Waals surface area contributed by atoms with E-state index in [1.807, 2.05) is 54.0 Å². The molecule has 0 aliphatic carbocycles. The Balaban J connectivity index is 1.35. The van der Waals surface area contributed by atoms with Crippen LogP contribution in [0.1, 0.15) is 22.6 Å². The first-order valence-electron chi connectivity index (χ1n) is 10.3. The number of aromatic nitrogens is 2. The summed E-state index contributed by atoms with van der Waals surface area (Å²) in [6.45, 7) is 2.49. The lowest BCUT2D eigenvalue weighted by Gasteiger charge is -2.40. The Morgan fingerprint density at radius 2 is 1.91 bits per heavy atom. The molecule has 0 bridgehead atoms. The van der Waals surface area contributed by atoms with E-state index in [9.17, 15) is 13.2 Å². The summed E-state index contributed by atoms with van der Waals surface area (Å²) >= 11 is 1.46. The number of imidazole rings is 1. The third-order valence-electron chi connectivity index (χ3n) is 5.80. The highest BCUT2D eigenvalue weighted by molar-refractivity contribution is 7.89. The Labute approximate surface area is 190 Å². The zero-order valence-corrected chi connectivity index (χ0v) is 19.1. The molecule has 1 aliphatic rings. The van der Waals surface area contributed by atoms with Gasteiger partial charge >= 0.3 is 0 Å². The molecule has 0 radical (unpaired) electrons. The fraction of sp³-hybridized carbons (Fsp3) is 0.217. The lowest BCUT2D eigenvalue weighted by atomic mass is 10.1. The predicted molar refractivity (Wildman–Crippen MR) is 124 cm³/mol. The van der Waals surface area contributed by atoms with Gasteiger partial charge in [-0.25, -0.2) is 13.4 Å². The second kappa shape index (κ2) is 8.16. The maximum Gasteiger partial charge on any atom is 0.270 e. The van der Waals surface area contributed by atoms with Gasteiger partial charge in [0.25, 0.3) is 5.91 Å². The Hall–Kier alpha value is -3.01. The smallest absolute Gasteiger partial charge is 0.270 e. The molecule has 1 atom stereocenters. The van der Waals surface area contributed by atoms with E-state index in [1.54, 1.807) is 23.5 Å². The van der Waals surface area contributed by atoms with E-state index < -0.39 is 10.0 Å². The maximum atomic E-state index is 13.5. The van der Waals surface area contributed by atoms with Gasteiger partial charge in [0.15, 0.2) is 4.96 Å². The number of benzene rings is 2. The summed E-state index contributed by atoms with van der Waals surface area (Å²) in [7, 11) is -3.70. The third kappa shape index (κ3) is 3.52. The van der Waals surface area contributed by atoms with Crippen molar-refractivity contribution >= 4 is 32.2 Å². The molecule has 1 N–H and O–H groups in total. The lowest BCUT2D eigenvalue weighted by molar-refractivity contribution is 0.0921. The van der Waals surface area contributed by atoms with E-state index >= 15 is 0 Å². The van der Waals surface area contributed by atoms with Gasteiger partial charge in [-0.2, -0.15) is 4.31 Å². The van der Waals surface area contributed by atoms with Crippen LogP contribution in [0.4, 0.5) is 0 Å². The minimum atomic E-state index is -3.70. The van der Waals surface area contributed by atoms with Gasteiger partial charge in [0, 0.05) is 36.3 Å². The zero-order chi connectivity index (χ0) is 22.3. The summed E-state index contributed by atoms with van der Waals surface area (Å²) in [5.74, 6) is -0.248. The highest BCUT2D eigenvalue weighted by Gasteiger charge is 2.39. The average molecular weight is 467 g/mol. The number of carbonyl (C=O) groups excluding carboxylic acids is 1.